The summed E-state index contributed by atoms with van der Waals surface area (Å²) >= 11 is 3.45. The quantitative estimate of drug-likeness (QED) is 0.801. The van der Waals surface area contributed by atoms with Gasteiger partial charge < -0.3 is 9.84 Å². The number of aliphatic hydroxyl groups is 1. The zero-order valence-corrected chi connectivity index (χ0v) is 15.8. The summed E-state index contributed by atoms with van der Waals surface area (Å²) < 4.78 is 6.00. The van der Waals surface area contributed by atoms with Gasteiger partial charge in [0.05, 0.1) is 5.57 Å². The number of hydrogen-bond donors (Lipinski definition) is 1. The Bertz CT molecular complexity index is 658. The van der Waals surface area contributed by atoms with Crippen molar-refractivity contribution in [2.24, 2.45) is 0 Å². The van der Waals surface area contributed by atoms with Gasteiger partial charge in [-0.3, -0.25) is 4.79 Å². The minimum atomic E-state index is -0.967. The molecule has 1 aromatic carbocycles. The fourth-order valence-corrected chi connectivity index (χ4v) is 3.45. The lowest BCUT2D eigenvalue weighted by Crippen LogP contribution is -2.45. The van der Waals surface area contributed by atoms with E-state index in [1.54, 1.807) is 20.8 Å². The molecule has 2 rings (SSSR count). The molecule has 1 heterocycles. The number of hydrogen-bond acceptors (Lipinski definition) is 4. The summed E-state index contributed by atoms with van der Waals surface area (Å²) in [5, 5.41) is 11.9. The van der Waals surface area contributed by atoms with E-state index >= 15 is 0 Å². The maximum atomic E-state index is 12.9. The summed E-state index contributed by atoms with van der Waals surface area (Å²) in [6, 6.07) is 3.84. The van der Waals surface area contributed by atoms with Gasteiger partial charge in [-0.1, -0.05) is 15.9 Å². The van der Waals surface area contributed by atoms with Crippen LogP contribution >= 0.6 is 15.9 Å². The third-order valence-electron chi connectivity index (χ3n) is 4.06. The van der Waals surface area contributed by atoms with Crippen LogP contribution in [0.25, 0.3) is 5.57 Å². The lowest BCUT2D eigenvalue weighted by atomic mass is 9.93. The van der Waals surface area contributed by atoms with Crippen LogP contribution in [0.4, 0.5) is 0 Å². The number of methoxy groups -OCH3 is 1. The van der Waals surface area contributed by atoms with Gasteiger partial charge in [0.1, 0.15) is 11.3 Å². The smallest absolute Gasteiger partial charge is 0.282 e. The molecule has 1 aliphatic rings. The third-order valence-corrected chi connectivity index (χ3v) is 4.51. The number of aliphatic hydroxyl groups excluding tert-OH is 1. The van der Waals surface area contributed by atoms with Crippen LogP contribution in [0.3, 0.4) is 0 Å². The maximum Gasteiger partial charge on any atom is 0.282 e. The monoisotopic (exact) mass is 383 g/mol. The second-order valence-electron chi connectivity index (χ2n) is 6.21. The number of nitrogens with zero attached hydrogens (tertiary/aromatic N) is 1. The molecule has 0 fully saturated rings. The van der Waals surface area contributed by atoms with Crippen LogP contribution in [0.1, 0.15) is 37.5 Å². The summed E-state index contributed by atoms with van der Waals surface area (Å²) in [7, 11) is 1.50. The van der Waals surface area contributed by atoms with Gasteiger partial charge in [0, 0.05) is 11.6 Å². The van der Waals surface area contributed by atoms with E-state index in [2.05, 4.69) is 15.9 Å². The van der Waals surface area contributed by atoms with Crippen molar-refractivity contribution in [3.63, 3.8) is 0 Å². The number of carbonyl (C=O) groups is 1. The molecule has 1 N–H and O–H groups in total. The molecule has 0 radical (unpaired) electrons. The van der Waals surface area contributed by atoms with Crippen molar-refractivity contribution in [3.8, 4) is 0 Å². The van der Waals surface area contributed by atoms with Crippen molar-refractivity contribution in [1.29, 1.82) is 0 Å². The van der Waals surface area contributed by atoms with E-state index in [1.807, 2.05) is 26.0 Å². The summed E-state index contributed by atoms with van der Waals surface area (Å²) in [6.07, 6.45) is -0.600. The van der Waals surface area contributed by atoms with Gasteiger partial charge in [0.15, 0.2) is 6.29 Å². The highest BCUT2D eigenvalue weighted by atomic mass is 79.9. The second-order valence-corrected chi connectivity index (χ2v) is 7.12. The molecule has 1 amide bonds. The average Bonchev–Trinajstić information content (AvgIpc) is 2.60. The number of carbonyl (C=O) groups excluding carboxylic acids is 1. The minimum Gasteiger partial charge on any atom is -0.509 e. The number of benzene rings is 1. The molecule has 5 nitrogen and oxygen atoms in total. The summed E-state index contributed by atoms with van der Waals surface area (Å²) in [6.45, 7) is 8.98. The Morgan fingerprint density at radius 3 is 2.26 bits per heavy atom. The van der Waals surface area contributed by atoms with E-state index in [1.165, 1.54) is 12.2 Å². The van der Waals surface area contributed by atoms with Crippen molar-refractivity contribution in [1.82, 2.24) is 5.06 Å². The number of ether oxygens (including phenoxy) is 1. The fourth-order valence-electron chi connectivity index (χ4n) is 2.76. The van der Waals surface area contributed by atoms with Gasteiger partial charge in [0.25, 0.3) is 5.91 Å². The Morgan fingerprint density at radius 1 is 1.26 bits per heavy atom. The number of rotatable bonds is 4. The molecule has 1 unspecified atom stereocenters. The summed E-state index contributed by atoms with van der Waals surface area (Å²) in [5.41, 5.74) is 1.86. The van der Waals surface area contributed by atoms with E-state index in [0.717, 1.165) is 21.2 Å². The average molecular weight is 384 g/mol. The van der Waals surface area contributed by atoms with E-state index in [-0.39, 0.29) is 17.2 Å². The molecule has 0 saturated heterocycles. The molecule has 126 valence electrons. The van der Waals surface area contributed by atoms with Crippen LogP contribution in [0, 0.1) is 13.8 Å². The molecule has 0 aromatic heterocycles. The van der Waals surface area contributed by atoms with Crippen LogP contribution in [-0.2, 0) is 14.4 Å². The lowest BCUT2D eigenvalue weighted by molar-refractivity contribution is -0.276. The van der Waals surface area contributed by atoms with Gasteiger partial charge >= 0.3 is 0 Å². The molecule has 1 atom stereocenters. The normalized spacial score (nSPS) is 18.7. The third kappa shape index (κ3) is 3.03. The highest BCUT2D eigenvalue weighted by Crippen LogP contribution is 2.41. The first-order valence-corrected chi connectivity index (χ1v) is 8.15. The molecule has 0 saturated carbocycles. The molecule has 0 bridgehead atoms. The number of aryl methyl sites for hydroxylation is 2. The Labute approximate surface area is 145 Å². The van der Waals surface area contributed by atoms with E-state index in [4.69, 9.17) is 9.57 Å². The van der Waals surface area contributed by atoms with Gasteiger partial charge in [-0.15, -0.1) is 0 Å². The van der Waals surface area contributed by atoms with E-state index in [9.17, 15) is 9.90 Å². The van der Waals surface area contributed by atoms with Crippen LogP contribution in [-0.4, -0.2) is 35.0 Å². The van der Waals surface area contributed by atoms with Crippen molar-refractivity contribution >= 4 is 27.4 Å². The van der Waals surface area contributed by atoms with Crippen molar-refractivity contribution in [3.05, 3.63) is 39.1 Å². The van der Waals surface area contributed by atoms with Crippen LogP contribution < -0.4 is 0 Å². The molecule has 0 aliphatic carbocycles. The van der Waals surface area contributed by atoms with Crippen molar-refractivity contribution in [2.45, 2.75) is 46.4 Å². The molecule has 23 heavy (non-hydrogen) atoms. The predicted molar refractivity (Wildman–Crippen MR) is 91.6 cm³/mol. The molecular formula is C17H22BrNO4. The Hall–Kier alpha value is -1.37. The molecule has 0 spiro atoms. The number of amides is 1. The molecule has 1 aliphatic heterocycles. The predicted octanol–water partition coefficient (Wildman–Crippen LogP) is 3.88. The topological polar surface area (TPSA) is 59.0 Å². The largest absolute Gasteiger partial charge is 0.509 e. The molecular weight excluding hydrogens is 362 g/mol. The SMILES string of the molecule is COC(C)ON1C(=O)C(c2c(C)cc(Br)cc2C)=C(O)C1(C)C. The van der Waals surface area contributed by atoms with E-state index in [0.29, 0.717) is 0 Å². The Morgan fingerprint density at radius 2 is 1.78 bits per heavy atom. The van der Waals surface area contributed by atoms with Gasteiger partial charge in [0.2, 0.25) is 0 Å². The van der Waals surface area contributed by atoms with E-state index < -0.39 is 11.8 Å². The Kier molecular flexibility index (Phi) is 4.89. The highest BCUT2D eigenvalue weighted by Gasteiger charge is 2.48. The zero-order valence-electron chi connectivity index (χ0n) is 14.2. The fraction of sp³-hybridized carbons (Fsp3) is 0.471. The zero-order chi connectivity index (χ0) is 17.5. The molecule has 1 aromatic rings. The van der Waals surface area contributed by atoms with Crippen molar-refractivity contribution < 1.29 is 19.5 Å². The van der Waals surface area contributed by atoms with Gasteiger partial charge in [-0.25, -0.2) is 9.90 Å². The van der Waals surface area contributed by atoms with Crippen LogP contribution in [0.2, 0.25) is 0 Å². The summed E-state index contributed by atoms with van der Waals surface area (Å²) in [4.78, 5) is 18.5. The van der Waals surface area contributed by atoms with Gasteiger partial charge in [-0.2, -0.15) is 0 Å². The first kappa shape index (κ1) is 18.0. The number of halogens is 1. The van der Waals surface area contributed by atoms with Gasteiger partial charge in [-0.05, 0) is 63.4 Å². The second kappa shape index (κ2) is 6.26. The number of hydroxylamine groups is 2. The van der Waals surface area contributed by atoms with Crippen LogP contribution in [0.15, 0.2) is 22.4 Å². The molecule has 6 heteroatoms. The summed E-state index contributed by atoms with van der Waals surface area (Å²) in [5.74, 6) is -0.371. The van der Waals surface area contributed by atoms with Crippen LogP contribution in [0.5, 0.6) is 0 Å². The first-order chi connectivity index (χ1) is 10.6. The highest BCUT2D eigenvalue weighted by molar-refractivity contribution is 9.10. The van der Waals surface area contributed by atoms with Crippen molar-refractivity contribution in [2.75, 3.05) is 7.11 Å². The maximum absolute atomic E-state index is 12.9. The minimum absolute atomic E-state index is 0.000625. The first-order valence-electron chi connectivity index (χ1n) is 7.36. The standard InChI is InChI=1S/C17H22BrNO4/c1-9-7-12(18)8-10(2)13(9)14-15(20)17(4,5)19(16(14)21)23-11(3)22-6/h7-8,11,20H,1-6H3. The Balaban J connectivity index is 2.56. The lowest BCUT2D eigenvalue weighted by Gasteiger charge is -2.32.